The molecule has 0 aliphatic rings. The van der Waals surface area contributed by atoms with Crippen molar-refractivity contribution in [1.29, 1.82) is 0 Å². The highest BCUT2D eigenvalue weighted by atomic mass is 32.2. The molecule has 0 aliphatic heterocycles. The zero-order valence-corrected chi connectivity index (χ0v) is 21.5. The second-order valence-electron chi connectivity index (χ2n) is 8.47. The summed E-state index contributed by atoms with van der Waals surface area (Å²) >= 11 is 3.14. The summed E-state index contributed by atoms with van der Waals surface area (Å²) in [5.74, 6) is 1.61. The van der Waals surface area contributed by atoms with Gasteiger partial charge in [0, 0.05) is 4.88 Å². The summed E-state index contributed by atoms with van der Waals surface area (Å²) in [6.45, 7) is 8.91. The number of aromatic amines is 1. The molecule has 3 aromatic heterocycles. The normalized spacial score (nSPS) is 13.7. The van der Waals surface area contributed by atoms with Gasteiger partial charge in [-0.2, -0.15) is 0 Å². The van der Waals surface area contributed by atoms with Gasteiger partial charge in [-0.25, -0.2) is 4.98 Å². The number of hydrogen-bond donors (Lipinski definition) is 1. The van der Waals surface area contributed by atoms with Crippen LogP contribution in [0.25, 0.3) is 10.2 Å². The third-order valence-electron chi connectivity index (χ3n) is 5.96. The number of hydrogen-bond acceptors (Lipinski definition) is 7. The van der Waals surface area contributed by atoms with Crippen LogP contribution in [0.5, 0.6) is 0 Å². The molecule has 0 saturated carbocycles. The topological polar surface area (TPSA) is 79.7 Å². The van der Waals surface area contributed by atoms with Gasteiger partial charge in [0.05, 0.1) is 23.2 Å². The first-order chi connectivity index (χ1) is 15.8. The number of nitrogens with zero attached hydrogens (tertiary/aromatic N) is 5. The fraction of sp³-hybridized carbons (Fsp3) is 0.417. The highest BCUT2D eigenvalue weighted by Gasteiger charge is 2.24. The molecular formula is C24H30N6OS2. The number of nitrogens with one attached hydrogen (secondary N) is 1. The van der Waals surface area contributed by atoms with Crippen LogP contribution in [0.3, 0.4) is 0 Å². The van der Waals surface area contributed by atoms with Crippen LogP contribution in [0.2, 0.25) is 0 Å². The van der Waals surface area contributed by atoms with Crippen molar-refractivity contribution < 1.29 is 0 Å². The molecule has 0 fully saturated rings. The van der Waals surface area contributed by atoms with Crippen LogP contribution in [0.15, 0.2) is 40.3 Å². The lowest BCUT2D eigenvalue weighted by molar-refractivity contribution is 0.272. The molecule has 3 heterocycles. The molecule has 4 aromatic rings. The Morgan fingerprint density at radius 1 is 1.18 bits per heavy atom. The van der Waals surface area contributed by atoms with Gasteiger partial charge in [0.15, 0.2) is 11.0 Å². The van der Waals surface area contributed by atoms with E-state index in [1.165, 1.54) is 5.56 Å². The van der Waals surface area contributed by atoms with E-state index in [4.69, 9.17) is 4.98 Å². The Bertz CT molecular complexity index is 1310. The molecular weight excluding hydrogens is 452 g/mol. The van der Waals surface area contributed by atoms with E-state index in [-0.39, 0.29) is 16.9 Å². The fourth-order valence-corrected chi connectivity index (χ4v) is 5.95. The summed E-state index contributed by atoms with van der Waals surface area (Å²) in [5.41, 5.74) is 2.13. The minimum atomic E-state index is -0.0872. The van der Waals surface area contributed by atoms with Crippen LogP contribution in [-0.2, 0) is 6.54 Å². The number of H-pyrrole nitrogens is 1. The third kappa shape index (κ3) is 4.76. The predicted molar refractivity (Wildman–Crippen MR) is 136 cm³/mol. The van der Waals surface area contributed by atoms with Crippen molar-refractivity contribution in [2.45, 2.75) is 57.1 Å². The van der Waals surface area contributed by atoms with E-state index >= 15 is 0 Å². The number of aromatic nitrogens is 5. The molecule has 0 bridgehead atoms. The fourth-order valence-electron chi connectivity index (χ4n) is 4.00. The first kappa shape index (κ1) is 23.7. The Balaban J connectivity index is 1.70. The molecule has 4 rings (SSSR count). The molecule has 0 radical (unpaired) electrons. The standard InChI is InChI=1S/C24H30N6OS2/c1-7-18(29(5)6)21-27-28-24(30(21)13-17-11-9-8-10-12-17)33-16(4)20-25-22(31)19-14(2)15(3)32-23(19)26-20/h8-12,16,18H,7,13H2,1-6H3,(H,25,26,31). The summed E-state index contributed by atoms with van der Waals surface area (Å²) in [5, 5.41) is 10.6. The lowest BCUT2D eigenvalue weighted by Gasteiger charge is -2.23. The van der Waals surface area contributed by atoms with Crippen molar-refractivity contribution in [3.05, 3.63) is 68.3 Å². The van der Waals surface area contributed by atoms with E-state index in [9.17, 15) is 4.79 Å². The molecule has 2 unspecified atom stereocenters. The van der Waals surface area contributed by atoms with E-state index in [0.717, 1.165) is 32.7 Å². The minimum Gasteiger partial charge on any atom is -0.309 e. The van der Waals surface area contributed by atoms with Gasteiger partial charge >= 0.3 is 0 Å². The average molecular weight is 483 g/mol. The molecule has 0 aliphatic carbocycles. The monoisotopic (exact) mass is 482 g/mol. The second kappa shape index (κ2) is 9.79. The van der Waals surface area contributed by atoms with Crippen molar-refractivity contribution in [3.63, 3.8) is 0 Å². The number of fused-ring (bicyclic) bond motifs is 1. The van der Waals surface area contributed by atoms with E-state index in [1.54, 1.807) is 23.1 Å². The van der Waals surface area contributed by atoms with Crippen LogP contribution in [0.4, 0.5) is 0 Å². The largest absolute Gasteiger partial charge is 0.309 e. The van der Waals surface area contributed by atoms with Crippen LogP contribution in [0.1, 0.15) is 59.2 Å². The Morgan fingerprint density at radius 3 is 2.58 bits per heavy atom. The predicted octanol–water partition coefficient (Wildman–Crippen LogP) is 5.11. The smallest absolute Gasteiger partial charge is 0.259 e. The molecule has 7 nitrogen and oxygen atoms in total. The lowest BCUT2D eigenvalue weighted by atomic mass is 10.2. The summed E-state index contributed by atoms with van der Waals surface area (Å²) in [7, 11) is 4.14. The first-order valence-corrected chi connectivity index (χ1v) is 12.8. The zero-order chi connectivity index (χ0) is 23.7. The van der Waals surface area contributed by atoms with Gasteiger partial charge in [0.2, 0.25) is 0 Å². The Morgan fingerprint density at radius 2 is 1.91 bits per heavy atom. The van der Waals surface area contributed by atoms with Gasteiger partial charge in [-0.1, -0.05) is 49.0 Å². The van der Waals surface area contributed by atoms with Gasteiger partial charge in [-0.3, -0.25) is 9.69 Å². The third-order valence-corrected chi connectivity index (χ3v) is 8.15. The molecule has 1 N–H and O–H groups in total. The minimum absolute atomic E-state index is 0.0746. The van der Waals surface area contributed by atoms with Crippen LogP contribution in [0, 0.1) is 13.8 Å². The molecule has 0 saturated heterocycles. The Hall–Kier alpha value is -2.49. The molecule has 2 atom stereocenters. The maximum Gasteiger partial charge on any atom is 0.259 e. The average Bonchev–Trinajstić information content (AvgIpc) is 3.29. The van der Waals surface area contributed by atoms with Crippen molar-refractivity contribution >= 4 is 33.3 Å². The number of rotatable bonds is 8. The zero-order valence-electron chi connectivity index (χ0n) is 19.9. The number of benzene rings is 1. The number of thiophene rings is 1. The quantitative estimate of drug-likeness (QED) is 0.352. The van der Waals surface area contributed by atoms with Crippen molar-refractivity contribution in [1.82, 2.24) is 29.6 Å². The highest BCUT2D eigenvalue weighted by Crippen LogP contribution is 2.35. The van der Waals surface area contributed by atoms with E-state index in [2.05, 4.69) is 57.8 Å². The molecule has 0 spiro atoms. The van der Waals surface area contributed by atoms with Gasteiger partial charge in [0.1, 0.15) is 10.7 Å². The van der Waals surface area contributed by atoms with Crippen molar-refractivity contribution in [2.75, 3.05) is 14.1 Å². The van der Waals surface area contributed by atoms with Crippen LogP contribution in [-0.4, -0.2) is 43.7 Å². The lowest BCUT2D eigenvalue weighted by Crippen LogP contribution is -2.23. The van der Waals surface area contributed by atoms with Gasteiger partial charge < -0.3 is 9.55 Å². The van der Waals surface area contributed by atoms with Crippen LogP contribution < -0.4 is 5.56 Å². The summed E-state index contributed by atoms with van der Waals surface area (Å²) in [6.07, 6.45) is 0.933. The summed E-state index contributed by atoms with van der Waals surface area (Å²) in [6, 6.07) is 10.5. The summed E-state index contributed by atoms with van der Waals surface area (Å²) < 4.78 is 2.20. The molecule has 0 amide bonds. The van der Waals surface area contributed by atoms with Crippen molar-refractivity contribution in [2.24, 2.45) is 0 Å². The van der Waals surface area contributed by atoms with Gasteiger partial charge in [-0.05, 0) is 52.4 Å². The molecule has 174 valence electrons. The number of thioether (sulfide) groups is 1. The van der Waals surface area contributed by atoms with E-state index in [1.807, 2.05) is 39.0 Å². The maximum atomic E-state index is 12.8. The van der Waals surface area contributed by atoms with Crippen LogP contribution >= 0.6 is 23.1 Å². The second-order valence-corrected chi connectivity index (χ2v) is 11.0. The Kier molecular flexibility index (Phi) is 7.02. The first-order valence-electron chi connectivity index (χ1n) is 11.1. The molecule has 33 heavy (non-hydrogen) atoms. The van der Waals surface area contributed by atoms with E-state index < -0.39 is 0 Å². The highest BCUT2D eigenvalue weighted by molar-refractivity contribution is 7.99. The summed E-state index contributed by atoms with van der Waals surface area (Å²) in [4.78, 5) is 24.7. The van der Waals surface area contributed by atoms with Gasteiger partial charge in [0.25, 0.3) is 5.56 Å². The molecule has 1 aromatic carbocycles. The van der Waals surface area contributed by atoms with Crippen molar-refractivity contribution in [3.8, 4) is 0 Å². The molecule has 9 heteroatoms. The number of aryl methyl sites for hydroxylation is 2. The van der Waals surface area contributed by atoms with Gasteiger partial charge in [-0.15, -0.1) is 21.5 Å². The van der Waals surface area contributed by atoms with E-state index in [0.29, 0.717) is 17.8 Å². The maximum absolute atomic E-state index is 12.8. The Labute approximate surface area is 202 Å². The SMILES string of the molecule is CCC(c1nnc(SC(C)c2nc3sc(C)c(C)c3c(=O)[nH]2)n1Cc1ccccc1)N(C)C.